The van der Waals surface area contributed by atoms with Crippen LogP contribution in [-0.4, -0.2) is 64.1 Å². The van der Waals surface area contributed by atoms with Crippen LogP contribution < -0.4 is 15.0 Å². The Kier molecular flexibility index (Phi) is 8.45. The number of hydrogen-bond donors (Lipinski definition) is 1. The van der Waals surface area contributed by atoms with Gasteiger partial charge in [-0.2, -0.15) is 0 Å². The van der Waals surface area contributed by atoms with Gasteiger partial charge >= 0.3 is 0 Å². The number of anilines is 2. The molecule has 7 nitrogen and oxygen atoms in total. The second-order valence-corrected chi connectivity index (χ2v) is 4.48. The largest absolute Gasteiger partial charge is 0.490 e. The lowest BCUT2D eigenvalue weighted by Gasteiger charge is -2.25. The summed E-state index contributed by atoms with van der Waals surface area (Å²) >= 11 is 0. The molecule has 21 heavy (non-hydrogen) atoms. The minimum absolute atomic E-state index is 0.606. The average Bonchev–Trinajstić information content (AvgIpc) is 2.52. The Morgan fingerprint density at radius 1 is 1.10 bits per heavy atom. The second-order valence-electron chi connectivity index (χ2n) is 4.48. The Balaban J connectivity index is 2.98. The van der Waals surface area contributed by atoms with Crippen LogP contribution >= 0.6 is 0 Å². The van der Waals surface area contributed by atoms with Gasteiger partial charge in [-0.15, -0.1) is 0 Å². The van der Waals surface area contributed by atoms with Crippen LogP contribution in [0.15, 0.2) is 6.33 Å². The van der Waals surface area contributed by atoms with Gasteiger partial charge in [-0.1, -0.05) is 6.92 Å². The molecule has 0 aromatic carbocycles. The minimum atomic E-state index is 0.606. The SMILES string of the molecule is CCCNc1ncnc(N(CCOC)CCOC)c1OC. The molecule has 0 aliphatic carbocycles. The molecule has 1 aromatic rings. The maximum Gasteiger partial charge on any atom is 0.204 e. The quantitative estimate of drug-likeness (QED) is 0.662. The Labute approximate surface area is 126 Å². The number of rotatable bonds is 11. The highest BCUT2D eigenvalue weighted by atomic mass is 16.5. The van der Waals surface area contributed by atoms with Crippen LogP contribution in [-0.2, 0) is 9.47 Å². The van der Waals surface area contributed by atoms with Crippen LogP contribution in [0.3, 0.4) is 0 Å². The van der Waals surface area contributed by atoms with Gasteiger partial charge < -0.3 is 24.4 Å². The molecule has 0 radical (unpaired) electrons. The van der Waals surface area contributed by atoms with E-state index in [1.807, 2.05) is 0 Å². The van der Waals surface area contributed by atoms with E-state index in [0.717, 1.165) is 18.8 Å². The Bertz CT molecular complexity index is 396. The lowest BCUT2D eigenvalue weighted by molar-refractivity contribution is 0.189. The molecule has 1 N–H and O–H groups in total. The molecule has 7 heteroatoms. The third kappa shape index (κ3) is 5.35. The first-order valence-electron chi connectivity index (χ1n) is 7.14. The zero-order valence-corrected chi connectivity index (χ0v) is 13.4. The van der Waals surface area contributed by atoms with Crippen molar-refractivity contribution in [2.24, 2.45) is 0 Å². The second kappa shape index (κ2) is 10.2. The average molecular weight is 298 g/mol. The molecule has 1 aromatic heterocycles. The summed E-state index contributed by atoms with van der Waals surface area (Å²) in [5.74, 6) is 2.11. The fourth-order valence-electron chi connectivity index (χ4n) is 1.87. The molecule has 0 bridgehead atoms. The normalized spacial score (nSPS) is 10.5. The summed E-state index contributed by atoms with van der Waals surface area (Å²) in [4.78, 5) is 10.7. The third-order valence-electron chi connectivity index (χ3n) is 2.96. The van der Waals surface area contributed by atoms with Gasteiger partial charge in [-0.25, -0.2) is 9.97 Å². The first-order valence-corrected chi connectivity index (χ1v) is 7.14. The molecule has 0 saturated carbocycles. The van der Waals surface area contributed by atoms with Gasteiger partial charge in [0, 0.05) is 33.9 Å². The topological polar surface area (TPSA) is 68.7 Å². The lowest BCUT2D eigenvalue weighted by atomic mass is 10.3. The standard InChI is InChI=1S/C14H26N4O3/c1-5-6-15-13-12(21-4)14(17-11-16-13)18(7-9-19-2)8-10-20-3/h11H,5-10H2,1-4H3,(H,15,16,17). The van der Waals surface area contributed by atoms with Crippen molar-refractivity contribution in [3.63, 3.8) is 0 Å². The smallest absolute Gasteiger partial charge is 0.204 e. The highest BCUT2D eigenvalue weighted by Crippen LogP contribution is 2.31. The maximum atomic E-state index is 5.50. The van der Waals surface area contributed by atoms with E-state index >= 15 is 0 Å². The van der Waals surface area contributed by atoms with Gasteiger partial charge in [-0.3, -0.25) is 0 Å². The molecular formula is C14H26N4O3. The summed E-state index contributed by atoms with van der Waals surface area (Å²) < 4.78 is 15.8. The molecule has 1 heterocycles. The van der Waals surface area contributed by atoms with Crippen LogP contribution in [0.1, 0.15) is 13.3 Å². The predicted octanol–water partition coefficient (Wildman–Crippen LogP) is 1.41. The minimum Gasteiger partial charge on any atom is -0.490 e. The molecular weight excluding hydrogens is 272 g/mol. The van der Waals surface area contributed by atoms with Crippen LogP contribution in [0, 0.1) is 0 Å². The summed E-state index contributed by atoms with van der Waals surface area (Å²) in [6.07, 6.45) is 2.56. The van der Waals surface area contributed by atoms with Crippen LogP contribution in [0.25, 0.3) is 0 Å². The summed E-state index contributed by atoms with van der Waals surface area (Å²) in [5.41, 5.74) is 0. The zero-order valence-electron chi connectivity index (χ0n) is 13.4. The lowest BCUT2D eigenvalue weighted by Crippen LogP contribution is -2.32. The predicted molar refractivity (Wildman–Crippen MR) is 83.3 cm³/mol. The molecule has 0 aliphatic heterocycles. The maximum absolute atomic E-state index is 5.50. The molecule has 0 amide bonds. The molecule has 120 valence electrons. The Morgan fingerprint density at radius 3 is 2.29 bits per heavy atom. The van der Waals surface area contributed by atoms with Crippen LogP contribution in [0.2, 0.25) is 0 Å². The summed E-state index contributed by atoms with van der Waals surface area (Å²) in [5, 5.41) is 3.26. The molecule has 0 saturated heterocycles. The van der Waals surface area contributed by atoms with Crippen molar-refractivity contribution in [2.45, 2.75) is 13.3 Å². The van der Waals surface area contributed by atoms with E-state index < -0.39 is 0 Å². The monoisotopic (exact) mass is 298 g/mol. The van der Waals surface area contributed by atoms with E-state index in [2.05, 4.69) is 27.1 Å². The Hall–Kier alpha value is -1.60. The summed E-state index contributed by atoms with van der Waals surface area (Å²) in [6, 6.07) is 0. The van der Waals surface area contributed by atoms with Crippen molar-refractivity contribution in [1.29, 1.82) is 0 Å². The van der Waals surface area contributed by atoms with Crippen molar-refractivity contribution in [2.75, 3.05) is 64.4 Å². The molecule has 0 unspecified atom stereocenters. The van der Waals surface area contributed by atoms with Crippen molar-refractivity contribution < 1.29 is 14.2 Å². The van der Waals surface area contributed by atoms with Crippen LogP contribution in [0.5, 0.6) is 5.75 Å². The number of aromatic nitrogens is 2. The van der Waals surface area contributed by atoms with E-state index in [4.69, 9.17) is 14.2 Å². The van der Waals surface area contributed by atoms with Gasteiger partial charge in [-0.05, 0) is 6.42 Å². The van der Waals surface area contributed by atoms with Gasteiger partial charge in [0.05, 0.1) is 20.3 Å². The van der Waals surface area contributed by atoms with Crippen molar-refractivity contribution in [1.82, 2.24) is 9.97 Å². The number of nitrogens with one attached hydrogen (secondary N) is 1. The third-order valence-corrected chi connectivity index (χ3v) is 2.96. The van der Waals surface area contributed by atoms with Crippen molar-refractivity contribution in [3.05, 3.63) is 6.33 Å². The molecule has 0 fully saturated rings. The zero-order chi connectivity index (χ0) is 15.5. The van der Waals surface area contributed by atoms with E-state index in [1.54, 1.807) is 27.7 Å². The van der Waals surface area contributed by atoms with E-state index in [0.29, 0.717) is 37.9 Å². The molecule has 0 atom stereocenters. The highest BCUT2D eigenvalue weighted by molar-refractivity contribution is 5.64. The van der Waals surface area contributed by atoms with Crippen molar-refractivity contribution in [3.8, 4) is 5.75 Å². The highest BCUT2D eigenvalue weighted by Gasteiger charge is 2.17. The van der Waals surface area contributed by atoms with E-state index in [9.17, 15) is 0 Å². The van der Waals surface area contributed by atoms with Gasteiger partial charge in [0.1, 0.15) is 6.33 Å². The first kappa shape index (κ1) is 17.5. The molecule has 1 rings (SSSR count). The number of methoxy groups -OCH3 is 3. The first-order chi connectivity index (χ1) is 10.3. The van der Waals surface area contributed by atoms with Crippen molar-refractivity contribution >= 4 is 11.6 Å². The number of nitrogens with zero attached hydrogens (tertiary/aromatic N) is 3. The van der Waals surface area contributed by atoms with Gasteiger partial charge in [0.25, 0.3) is 0 Å². The number of hydrogen-bond acceptors (Lipinski definition) is 7. The summed E-state index contributed by atoms with van der Waals surface area (Å²) in [6.45, 7) is 5.57. The van der Waals surface area contributed by atoms with Gasteiger partial charge in [0.2, 0.25) is 5.75 Å². The fourth-order valence-corrected chi connectivity index (χ4v) is 1.87. The molecule has 0 aliphatic rings. The van der Waals surface area contributed by atoms with E-state index in [-0.39, 0.29) is 0 Å². The van der Waals surface area contributed by atoms with Crippen LogP contribution in [0.4, 0.5) is 11.6 Å². The molecule has 0 spiro atoms. The fraction of sp³-hybridized carbons (Fsp3) is 0.714. The number of ether oxygens (including phenoxy) is 3. The Morgan fingerprint density at radius 2 is 1.76 bits per heavy atom. The summed E-state index contributed by atoms with van der Waals surface area (Å²) in [7, 11) is 4.99. The van der Waals surface area contributed by atoms with E-state index in [1.165, 1.54) is 0 Å². The van der Waals surface area contributed by atoms with Gasteiger partial charge in [0.15, 0.2) is 11.6 Å².